The number of para-hydroxylation sites is 1. The van der Waals surface area contributed by atoms with Gasteiger partial charge in [0.2, 0.25) is 0 Å². The highest BCUT2D eigenvalue weighted by Crippen LogP contribution is 2.21. The zero-order chi connectivity index (χ0) is 13.9. The van der Waals surface area contributed by atoms with Crippen molar-refractivity contribution in [3.05, 3.63) is 81.7 Å². The molecule has 0 unspecified atom stereocenters. The Morgan fingerprint density at radius 2 is 1.60 bits per heavy atom. The molecule has 0 fully saturated rings. The molecule has 0 aliphatic carbocycles. The summed E-state index contributed by atoms with van der Waals surface area (Å²) in [6.45, 7) is -0.172. The van der Waals surface area contributed by atoms with E-state index >= 15 is 0 Å². The molecule has 1 N–H and O–H groups in total. The number of benzene rings is 2. The molecule has 0 saturated heterocycles. The third kappa shape index (κ3) is 2.24. The zero-order valence-corrected chi connectivity index (χ0v) is 10.9. The molecule has 0 atom stereocenters. The second kappa shape index (κ2) is 5.31. The summed E-state index contributed by atoms with van der Waals surface area (Å²) < 4.78 is 5.34. The number of aliphatic hydroxyl groups excluding tert-OH is 1. The lowest BCUT2D eigenvalue weighted by Crippen LogP contribution is -2.12. The molecular formula is C17H14O3. The molecule has 1 aromatic heterocycles. The van der Waals surface area contributed by atoms with Crippen molar-refractivity contribution in [2.75, 3.05) is 0 Å². The summed E-state index contributed by atoms with van der Waals surface area (Å²) in [5.41, 5.74) is 2.33. The molecule has 1 heterocycles. The Morgan fingerprint density at radius 3 is 2.35 bits per heavy atom. The van der Waals surface area contributed by atoms with Crippen molar-refractivity contribution < 1.29 is 9.52 Å². The number of fused-ring (bicyclic) bond motifs is 1. The average molecular weight is 266 g/mol. The highest BCUT2D eigenvalue weighted by atomic mass is 16.4. The largest absolute Gasteiger partial charge is 0.422 e. The molecule has 3 nitrogen and oxygen atoms in total. The van der Waals surface area contributed by atoms with Crippen molar-refractivity contribution in [3.8, 4) is 0 Å². The van der Waals surface area contributed by atoms with Gasteiger partial charge in [-0.1, -0.05) is 48.5 Å². The van der Waals surface area contributed by atoms with E-state index in [-0.39, 0.29) is 12.2 Å². The second-order valence-corrected chi connectivity index (χ2v) is 4.66. The Kier molecular flexibility index (Phi) is 3.35. The van der Waals surface area contributed by atoms with Crippen molar-refractivity contribution in [2.24, 2.45) is 0 Å². The van der Waals surface area contributed by atoms with Crippen LogP contribution in [0.4, 0.5) is 0 Å². The molecule has 0 spiro atoms. The molecule has 0 bridgehead atoms. The van der Waals surface area contributed by atoms with Crippen LogP contribution in [0.15, 0.2) is 63.8 Å². The fourth-order valence-corrected chi connectivity index (χ4v) is 2.41. The van der Waals surface area contributed by atoms with Crippen LogP contribution in [0, 0.1) is 0 Å². The van der Waals surface area contributed by atoms with Crippen LogP contribution in [-0.2, 0) is 13.0 Å². The first-order valence-corrected chi connectivity index (χ1v) is 6.48. The SMILES string of the molecule is O=c1oc2ccccc2c(CO)c1Cc1ccccc1. The van der Waals surface area contributed by atoms with Crippen LogP contribution in [-0.4, -0.2) is 5.11 Å². The minimum absolute atomic E-state index is 0.172. The van der Waals surface area contributed by atoms with E-state index in [1.807, 2.05) is 48.5 Å². The molecular weight excluding hydrogens is 252 g/mol. The second-order valence-electron chi connectivity index (χ2n) is 4.66. The van der Waals surface area contributed by atoms with E-state index in [1.54, 1.807) is 6.07 Å². The standard InChI is InChI=1S/C17H14O3/c18-11-15-13-8-4-5-9-16(13)20-17(19)14(15)10-12-6-2-1-3-7-12/h1-9,18H,10-11H2. The molecule has 3 rings (SSSR count). The Labute approximate surface area is 116 Å². The first kappa shape index (κ1) is 12.6. The maximum atomic E-state index is 12.1. The summed E-state index contributed by atoms with van der Waals surface area (Å²) >= 11 is 0. The van der Waals surface area contributed by atoms with Crippen molar-refractivity contribution in [1.29, 1.82) is 0 Å². The monoisotopic (exact) mass is 266 g/mol. The summed E-state index contributed by atoms with van der Waals surface area (Å²) in [5.74, 6) is 0. The van der Waals surface area contributed by atoms with Gasteiger partial charge in [-0.15, -0.1) is 0 Å². The van der Waals surface area contributed by atoms with Gasteiger partial charge in [0, 0.05) is 17.4 Å². The van der Waals surface area contributed by atoms with Gasteiger partial charge >= 0.3 is 5.63 Å². The van der Waals surface area contributed by atoms with Gasteiger partial charge in [-0.25, -0.2) is 4.79 Å². The van der Waals surface area contributed by atoms with E-state index in [0.717, 1.165) is 10.9 Å². The summed E-state index contributed by atoms with van der Waals surface area (Å²) in [6.07, 6.45) is 0.462. The van der Waals surface area contributed by atoms with E-state index in [4.69, 9.17) is 4.42 Å². The van der Waals surface area contributed by atoms with Crippen molar-refractivity contribution in [2.45, 2.75) is 13.0 Å². The smallest absolute Gasteiger partial charge is 0.340 e. The summed E-state index contributed by atoms with van der Waals surface area (Å²) in [7, 11) is 0. The molecule has 100 valence electrons. The normalized spacial score (nSPS) is 10.8. The van der Waals surface area contributed by atoms with E-state index in [0.29, 0.717) is 23.1 Å². The van der Waals surface area contributed by atoms with Crippen LogP contribution in [0.1, 0.15) is 16.7 Å². The zero-order valence-electron chi connectivity index (χ0n) is 10.9. The van der Waals surface area contributed by atoms with Crippen LogP contribution in [0.25, 0.3) is 11.0 Å². The lowest BCUT2D eigenvalue weighted by molar-refractivity contribution is 0.281. The van der Waals surface area contributed by atoms with Gasteiger partial charge in [0.25, 0.3) is 0 Å². The Hall–Kier alpha value is -2.39. The first-order valence-electron chi connectivity index (χ1n) is 6.48. The van der Waals surface area contributed by atoms with Gasteiger partial charge in [-0.2, -0.15) is 0 Å². The lowest BCUT2D eigenvalue weighted by atomic mass is 9.99. The van der Waals surface area contributed by atoms with Crippen molar-refractivity contribution in [1.82, 2.24) is 0 Å². The number of aliphatic hydroxyl groups is 1. The minimum atomic E-state index is -0.378. The average Bonchev–Trinajstić information content (AvgIpc) is 2.49. The molecule has 0 aliphatic heterocycles. The number of rotatable bonds is 3. The van der Waals surface area contributed by atoms with E-state index in [2.05, 4.69) is 0 Å². The molecule has 2 aromatic carbocycles. The quantitative estimate of drug-likeness (QED) is 0.742. The van der Waals surface area contributed by atoms with E-state index in [9.17, 15) is 9.90 Å². The van der Waals surface area contributed by atoms with Crippen LogP contribution in [0.3, 0.4) is 0 Å². The van der Waals surface area contributed by atoms with Gasteiger partial charge in [0.1, 0.15) is 5.58 Å². The number of hydrogen-bond acceptors (Lipinski definition) is 3. The topological polar surface area (TPSA) is 50.4 Å². The van der Waals surface area contributed by atoms with Crippen molar-refractivity contribution >= 4 is 11.0 Å². The molecule has 0 amide bonds. The van der Waals surface area contributed by atoms with E-state index in [1.165, 1.54) is 0 Å². The van der Waals surface area contributed by atoms with Crippen molar-refractivity contribution in [3.63, 3.8) is 0 Å². The van der Waals surface area contributed by atoms with Gasteiger partial charge in [-0.3, -0.25) is 0 Å². The van der Waals surface area contributed by atoms with Crippen LogP contribution in [0.5, 0.6) is 0 Å². The Balaban J connectivity index is 2.19. The lowest BCUT2D eigenvalue weighted by Gasteiger charge is -2.09. The highest BCUT2D eigenvalue weighted by molar-refractivity contribution is 5.81. The third-order valence-corrected chi connectivity index (χ3v) is 3.41. The van der Waals surface area contributed by atoms with Gasteiger partial charge < -0.3 is 9.52 Å². The van der Waals surface area contributed by atoms with Gasteiger partial charge in [-0.05, 0) is 17.2 Å². The minimum Gasteiger partial charge on any atom is -0.422 e. The fourth-order valence-electron chi connectivity index (χ4n) is 2.41. The fraction of sp³-hybridized carbons (Fsp3) is 0.118. The predicted molar refractivity (Wildman–Crippen MR) is 77.7 cm³/mol. The maximum absolute atomic E-state index is 12.1. The molecule has 0 aliphatic rings. The predicted octanol–water partition coefficient (Wildman–Crippen LogP) is 2.88. The van der Waals surface area contributed by atoms with Crippen LogP contribution in [0.2, 0.25) is 0 Å². The Morgan fingerprint density at radius 1 is 0.900 bits per heavy atom. The maximum Gasteiger partial charge on any atom is 0.340 e. The Bertz CT molecular complexity index is 788. The molecule has 3 aromatic rings. The molecule has 3 heteroatoms. The summed E-state index contributed by atoms with van der Waals surface area (Å²) in [6, 6.07) is 17.0. The van der Waals surface area contributed by atoms with Crippen LogP contribution < -0.4 is 5.63 Å². The summed E-state index contributed by atoms with van der Waals surface area (Å²) in [5, 5.41) is 10.4. The summed E-state index contributed by atoms with van der Waals surface area (Å²) in [4.78, 5) is 12.1. The number of hydrogen-bond donors (Lipinski definition) is 1. The van der Waals surface area contributed by atoms with E-state index < -0.39 is 0 Å². The third-order valence-electron chi connectivity index (χ3n) is 3.41. The van der Waals surface area contributed by atoms with Gasteiger partial charge in [0.15, 0.2) is 0 Å². The molecule has 20 heavy (non-hydrogen) atoms. The molecule has 0 radical (unpaired) electrons. The first-order chi connectivity index (χ1) is 9.79. The highest BCUT2D eigenvalue weighted by Gasteiger charge is 2.13. The molecule has 0 saturated carbocycles. The van der Waals surface area contributed by atoms with Crippen LogP contribution >= 0.6 is 0 Å². The van der Waals surface area contributed by atoms with Gasteiger partial charge in [0.05, 0.1) is 6.61 Å².